The second kappa shape index (κ2) is 9.87. The molecule has 0 radical (unpaired) electrons. The molecule has 9 nitrogen and oxygen atoms in total. The second-order valence-corrected chi connectivity index (χ2v) is 12.2. The van der Waals surface area contributed by atoms with Crippen LogP contribution in [0.25, 0.3) is 0 Å². The summed E-state index contributed by atoms with van der Waals surface area (Å²) in [5, 5.41) is 3.93. The quantitative estimate of drug-likeness (QED) is 0.598. The average Bonchev–Trinajstić information content (AvgIpc) is 3.19. The molecule has 0 saturated carbocycles. The van der Waals surface area contributed by atoms with Gasteiger partial charge in [0.15, 0.2) is 5.76 Å². The Kier molecular flexibility index (Phi) is 7.03. The van der Waals surface area contributed by atoms with E-state index in [0.29, 0.717) is 81.4 Å². The van der Waals surface area contributed by atoms with Gasteiger partial charge in [-0.1, -0.05) is 5.16 Å². The fourth-order valence-electron chi connectivity index (χ4n) is 6.98. The van der Waals surface area contributed by atoms with Crippen LogP contribution in [-0.2, 0) is 19.6 Å². The summed E-state index contributed by atoms with van der Waals surface area (Å²) >= 11 is 0. The molecule has 4 aliphatic rings. The smallest absolute Gasteiger partial charge is 0.248 e. The van der Waals surface area contributed by atoms with Crippen LogP contribution in [0.15, 0.2) is 9.42 Å². The lowest BCUT2D eigenvalue weighted by Crippen LogP contribution is -2.65. The maximum atomic E-state index is 14.0. The standard InChI is InChI=1S/C24H38N4O5S/c1-17-24(18(2)33-25-17)34(30,31)28-16-19-6-4-10-27-11-5-7-20(23(19)27)21(28)8-3-9-22(29)26-12-14-32-15-13-26/h19-21,23H,3-16H2,1-2H3/t19-,20+,21+,23-/m0/s1. The number of carbonyl (C=O) groups is 1. The van der Waals surface area contributed by atoms with Gasteiger partial charge in [-0.05, 0) is 77.3 Å². The molecule has 0 aliphatic carbocycles. The van der Waals surface area contributed by atoms with Crippen LogP contribution in [0.1, 0.15) is 56.4 Å². The van der Waals surface area contributed by atoms with Crippen LogP contribution < -0.4 is 0 Å². The van der Waals surface area contributed by atoms with Gasteiger partial charge in [-0.3, -0.25) is 9.69 Å². The molecule has 4 saturated heterocycles. The Morgan fingerprint density at radius 3 is 2.53 bits per heavy atom. The van der Waals surface area contributed by atoms with Crippen molar-refractivity contribution in [1.82, 2.24) is 19.3 Å². The molecule has 0 N–H and O–H groups in total. The number of amides is 1. The number of sulfonamides is 1. The number of ether oxygens (including phenoxy) is 1. The molecule has 0 bridgehead atoms. The molecular weight excluding hydrogens is 456 g/mol. The van der Waals surface area contributed by atoms with Gasteiger partial charge >= 0.3 is 0 Å². The third-order valence-electron chi connectivity index (χ3n) is 8.41. The number of hydrogen-bond donors (Lipinski definition) is 0. The number of carbonyl (C=O) groups excluding carboxylic acids is 1. The molecule has 0 unspecified atom stereocenters. The minimum absolute atomic E-state index is 0.0988. The lowest BCUT2D eigenvalue weighted by Gasteiger charge is -2.57. The van der Waals surface area contributed by atoms with E-state index in [2.05, 4.69) is 10.1 Å². The number of piperidine rings is 3. The van der Waals surface area contributed by atoms with E-state index in [-0.39, 0.29) is 16.8 Å². The second-order valence-electron chi connectivity index (χ2n) is 10.4. The Morgan fingerprint density at radius 1 is 1.09 bits per heavy atom. The Hall–Kier alpha value is -1.49. The van der Waals surface area contributed by atoms with E-state index >= 15 is 0 Å². The Balaban J connectivity index is 1.39. The van der Waals surface area contributed by atoms with Gasteiger partial charge in [0.05, 0.1) is 13.2 Å². The van der Waals surface area contributed by atoms with Crippen molar-refractivity contribution in [2.24, 2.45) is 11.8 Å². The molecule has 5 heterocycles. The van der Waals surface area contributed by atoms with Gasteiger partial charge in [-0.15, -0.1) is 0 Å². The fraction of sp³-hybridized carbons (Fsp3) is 0.833. The van der Waals surface area contributed by atoms with E-state index in [4.69, 9.17) is 9.26 Å². The van der Waals surface area contributed by atoms with Crippen molar-refractivity contribution in [3.63, 3.8) is 0 Å². The molecule has 0 aromatic carbocycles. The zero-order valence-electron chi connectivity index (χ0n) is 20.4. The Morgan fingerprint density at radius 2 is 1.82 bits per heavy atom. The van der Waals surface area contributed by atoms with Crippen molar-refractivity contribution in [1.29, 1.82) is 0 Å². The summed E-state index contributed by atoms with van der Waals surface area (Å²) in [5.41, 5.74) is 0.426. The van der Waals surface area contributed by atoms with Crippen molar-refractivity contribution < 1.29 is 22.5 Å². The van der Waals surface area contributed by atoms with E-state index in [1.165, 1.54) is 0 Å². The normalized spacial score (nSPS) is 30.8. The zero-order chi connectivity index (χ0) is 23.9. The number of aryl methyl sites for hydroxylation is 2. The van der Waals surface area contributed by atoms with Crippen molar-refractivity contribution in [3.8, 4) is 0 Å². The molecule has 4 atom stereocenters. The predicted octanol–water partition coefficient (Wildman–Crippen LogP) is 2.18. The van der Waals surface area contributed by atoms with Crippen LogP contribution in [0.2, 0.25) is 0 Å². The molecule has 1 aromatic rings. The first-order valence-corrected chi connectivity index (χ1v) is 14.4. The minimum atomic E-state index is -3.74. The lowest BCUT2D eigenvalue weighted by molar-refractivity contribution is -0.135. The summed E-state index contributed by atoms with van der Waals surface area (Å²) in [6, 6.07) is 0.358. The monoisotopic (exact) mass is 494 g/mol. The van der Waals surface area contributed by atoms with E-state index in [0.717, 1.165) is 38.8 Å². The highest BCUT2D eigenvalue weighted by Gasteiger charge is 2.52. The van der Waals surface area contributed by atoms with Gasteiger partial charge in [0.2, 0.25) is 15.9 Å². The van der Waals surface area contributed by atoms with Gasteiger partial charge in [0.1, 0.15) is 10.6 Å². The molecule has 10 heteroatoms. The van der Waals surface area contributed by atoms with E-state index in [9.17, 15) is 13.2 Å². The zero-order valence-corrected chi connectivity index (χ0v) is 21.3. The van der Waals surface area contributed by atoms with E-state index < -0.39 is 10.0 Å². The van der Waals surface area contributed by atoms with Crippen LogP contribution in [0.4, 0.5) is 0 Å². The maximum Gasteiger partial charge on any atom is 0.248 e. The molecule has 34 heavy (non-hydrogen) atoms. The average molecular weight is 495 g/mol. The van der Waals surface area contributed by atoms with Crippen LogP contribution in [-0.4, -0.2) is 91.6 Å². The molecule has 4 aliphatic heterocycles. The third-order valence-corrected chi connectivity index (χ3v) is 10.5. The molecular formula is C24H38N4O5S. The van der Waals surface area contributed by atoms with Crippen molar-refractivity contribution in [2.75, 3.05) is 45.9 Å². The summed E-state index contributed by atoms with van der Waals surface area (Å²) in [6.45, 7) is 8.66. The molecule has 190 valence electrons. The fourth-order valence-corrected chi connectivity index (χ4v) is 9.04. The van der Waals surface area contributed by atoms with Gasteiger partial charge in [0, 0.05) is 38.1 Å². The highest BCUT2D eigenvalue weighted by atomic mass is 32.2. The first-order chi connectivity index (χ1) is 16.4. The van der Waals surface area contributed by atoms with Gasteiger partial charge in [-0.25, -0.2) is 8.42 Å². The predicted molar refractivity (Wildman–Crippen MR) is 126 cm³/mol. The third kappa shape index (κ3) is 4.42. The summed E-state index contributed by atoms with van der Waals surface area (Å²) in [7, 11) is -3.74. The number of aromatic nitrogens is 1. The SMILES string of the molecule is Cc1noc(C)c1S(=O)(=O)N1C[C@@H]2CCCN3CCC[C@@H]([C@H]23)[C@H]1CCCC(=O)N1CCOCC1. The molecule has 1 aromatic heterocycles. The maximum absolute atomic E-state index is 14.0. The summed E-state index contributed by atoms with van der Waals surface area (Å²) < 4.78 is 40.4. The van der Waals surface area contributed by atoms with E-state index in [1.807, 2.05) is 4.90 Å². The first kappa shape index (κ1) is 24.2. The highest BCUT2D eigenvalue weighted by Crippen LogP contribution is 2.45. The number of hydrogen-bond acceptors (Lipinski definition) is 7. The van der Waals surface area contributed by atoms with Crippen molar-refractivity contribution in [2.45, 2.75) is 75.8 Å². The van der Waals surface area contributed by atoms with Crippen LogP contribution in [0, 0.1) is 25.7 Å². The van der Waals surface area contributed by atoms with Gasteiger partial charge in [0.25, 0.3) is 0 Å². The lowest BCUT2D eigenvalue weighted by atomic mass is 9.70. The van der Waals surface area contributed by atoms with Gasteiger partial charge in [-0.2, -0.15) is 4.31 Å². The Labute approximate surface area is 202 Å². The minimum Gasteiger partial charge on any atom is -0.378 e. The molecule has 4 fully saturated rings. The molecule has 0 spiro atoms. The first-order valence-electron chi connectivity index (χ1n) is 12.9. The topological polar surface area (TPSA) is 96.2 Å². The van der Waals surface area contributed by atoms with Crippen molar-refractivity contribution in [3.05, 3.63) is 11.5 Å². The summed E-state index contributed by atoms with van der Waals surface area (Å²) in [6.07, 6.45) is 6.23. The molecule has 1 amide bonds. The van der Waals surface area contributed by atoms with Crippen LogP contribution in [0.5, 0.6) is 0 Å². The number of nitrogens with zero attached hydrogens (tertiary/aromatic N) is 4. The Bertz CT molecular complexity index is 968. The van der Waals surface area contributed by atoms with Crippen molar-refractivity contribution >= 4 is 15.9 Å². The molecule has 5 rings (SSSR count). The largest absolute Gasteiger partial charge is 0.378 e. The number of rotatable bonds is 6. The van der Waals surface area contributed by atoms with Crippen LogP contribution in [0.3, 0.4) is 0 Å². The highest BCUT2D eigenvalue weighted by molar-refractivity contribution is 7.89. The summed E-state index contributed by atoms with van der Waals surface area (Å²) in [5.74, 6) is 1.18. The number of morpholine rings is 1. The van der Waals surface area contributed by atoms with E-state index in [1.54, 1.807) is 18.2 Å². The summed E-state index contributed by atoms with van der Waals surface area (Å²) in [4.78, 5) is 17.5. The van der Waals surface area contributed by atoms with Crippen LogP contribution >= 0.6 is 0 Å². The van der Waals surface area contributed by atoms with Gasteiger partial charge < -0.3 is 14.2 Å².